The third kappa shape index (κ3) is 6.05. The Morgan fingerprint density at radius 1 is 1.08 bits per heavy atom. The lowest BCUT2D eigenvalue weighted by Crippen LogP contribution is -2.44. The number of hydrogen-bond acceptors (Lipinski definition) is 4. The fraction of sp³-hybridized carbons (Fsp3) is 0.273. The van der Waals surface area contributed by atoms with Gasteiger partial charge in [0.15, 0.2) is 0 Å². The molecule has 196 valence electrons. The Balaban J connectivity index is 1.25. The van der Waals surface area contributed by atoms with Crippen molar-refractivity contribution in [2.24, 2.45) is 0 Å². The highest BCUT2D eigenvalue weighted by atomic mass is 35.5. The molecule has 0 aliphatic carbocycles. The molecular weight excluding hydrogens is 490 g/mol. The first-order valence-corrected chi connectivity index (χ1v) is 13.8. The SMILES string of the molecule is C=C/C=C\C(=C/C)CN1c2cc(Cl)ccc2C(NC2CCN(Cc3ccc4ccccc4c3)CC2)=CC1O. The number of halogens is 1. The first-order valence-electron chi connectivity index (χ1n) is 13.4. The third-order valence-corrected chi connectivity index (χ3v) is 7.77. The molecule has 2 heterocycles. The molecule has 3 aromatic carbocycles. The number of benzene rings is 3. The largest absolute Gasteiger partial charge is 0.382 e. The molecule has 0 radical (unpaired) electrons. The summed E-state index contributed by atoms with van der Waals surface area (Å²) in [6.07, 6.45) is 11.1. The Kier molecular flexibility index (Phi) is 8.33. The van der Waals surface area contributed by atoms with Crippen LogP contribution in [0.3, 0.4) is 0 Å². The van der Waals surface area contributed by atoms with Crippen LogP contribution in [0, 0.1) is 0 Å². The monoisotopic (exact) mass is 525 g/mol. The maximum atomic E-state index is 11.1. The van der Waals surface area contributed by atoms with E-state index >= 15 is 0 Å². The molecule has 4 nitrogen and oxygen atoms in total. The first-order chi connectivity index (χ1) is 18.5. The van der Waals surface area contributed by atoms with Crippen LogP contribution in [0.1, 0.15) is 30.9 Å². The molecule has 2 N–H and O–H groups in total. The topological polar surface area (TPSA) is 38.7 Å². The predicted octanol–water partition coefficient (Wildman–Crippen LogP) is 6.92. The van der Waals surface area contributed by atoms with Crippen molar-refractivity contribution in [1.82, 2.24) is 10.2 Å². The van der Waals surface area contributed by atoms with Crippen LogP contribution in [0.4, 0.5) is 5.69 Å². The summed E-state index contributed by atoms with van der Waals surface area (Å²) in [6.45, 7) is 9.40. The van der Waals surface area contributed by atoms with Crippen molar-refractivity contribution in [1.29, 1.82) is 0 Å². The van der Waals surface area contributed by atoms with E-state index in [1.54, 1.807) is 6.08 Å². The van der Waals surface area contributed by atoms with Crippen LogP contribution in [0.25, 0.3) is 16.5 Å². The molecule has 0 amide bonds. The normalized spacial score (nSPS) is 19.0. The van der Waals surface area contributed by atoms with E-state index in [1.165, 1.54) is 16.3 Å². The number of aliphatic hydroxyl groups excluding tert-OH is 1. The van der Waals surface area contributed by atoms with Gasteiger partial charge in [0, 0.05) is 48.5 Å². The number of hydrogen-bond donors (Lipinski definition) is 2. The third-order valence-electron chi connectivity index (χ3n) is 7.53. The summed E-state index contributed by atoms with van der Waals surface area (Å²) in [4.78, 5) is 4.53. The Morgan fingerprint density at radius 3 is 2.63 bits per heavy atom. The molecule has 3 aromatic rings. The number of aliphatic hydroxyl groups is 1. The highest BCUT2D eigenvalue weighted by molar-refractivity contribution is 6.31. The second-order valence-electron chi connectivity index (χ2n) is 10.1. The highest BCUT2D eigenvalue weighted by Gasteiger charge is 2.28. The molecule has 2 aliphatic rings. The van der Waals surface area contributed by atoms with Gasteiger partial charge in [-0.15, -0.1) is 0 Å². The minimum absolute atomic E-state index is 0.359. The predicted molar refractivity (Wildman–Crippen MR) is 161 cm³/mol. The minimum atomic E-state index is -0.747. The second-order valence-corrected chi connectivity index (χ2v) is 10.6. The van der Waals surface area contributed by atoms with Crippen molar-refractivity contribution < 1.29 is 5.11 Å². The molecule has 0 bridgehead atoms. The van der Waals surface area contributed by atoms with E-state index in [0.29, 0.717) is 17.6 Å². The standard InChI is InChI=1S/C33H36ClN3O/c1-3-5-8-24(4-2)23-37-32-20-28(34)13-14-30(32)31(21-33(37)38)35-29-15-17-36(18-16-29)22-25-11-12-26-9-6-7-10-27(26)19-25/h3-14,19-21,29,33,35,38H,1,15-18,22-23H2,2H3/b8-5-,24-4+. The summed E-state index contributed by atoms with van der Waals surface area (Å²) in [5, 5.41) is 18.2. The molecule has 0 saturated carbocycles. The van der Waals surface area contributed by atoms with E-state index in [1.807, 2.05) is 42.2 Å². The quantitative estimate of drug-likeness (QED) is 0.313. The lowest BCUT2D eigenvalue weighted by molar-refractivity contribution is 0.196. The zero-order chi connectivity index (χ0) is 26.5. The van der Waals surface area contributed by atoms with E-state index in [4.69, 9.17) is 11.6 Å². The molecular formula is C33H36ClN3O. The molecule has 2 aliphatic heterocycles. The van der Waals surface area contributed by atoms with E-state index in [9.17, 15) is 5.11 Å². The van der Waals surface area contributed by atoms with Crippen LogP contribution in [-0.4, -0.2) is 41.9 Å². The summed E-state index contributed by atoms with van der Waals surface area (Å²) >= 11 is 6.40. The smallest absolute Gasteiger partial charge is 0.148 e. The number of fused-ring (bicyclic) bond motifs is 2. The van der Waals surface area contributed by atoms with Crippen LogP contribution in [0.15, 0.2) is 103 Å². The summed E-state index contributed by atoms with van der Waals surface area (Å²) < 4.78 is 0. The Bertz CT molecular complexity index is 1380. The van der Waals surface area contributed by atoms with Gasteiger partial charge in [-0.2, -0.15) is 0 Å². The van der Waals surface area contributed by atoms with Gasteiger partial charge in [-0.3, -0.25) is 4.90 Å². The highest BCUT2D eigenvalue weighted by Crippen LogP contribution is 2.36. The Labute approximate surface area is 231 Å². The number of anilines is 1. The molecule has 5 rings (SSSR count). The van der Waals surface area contributed by atoms with E-state index in [2.05, 4.69) is 71.4 Å². The molecule has 1 fully saturated rings. The van der Waals surface area contributed by atoms with Gasteiger partial charge < -0.3 is 15.3 Å². The van der Waals surface area contributed by atoms with Gasteiger partial charge in [0.25, 0.3) is 0 Å². The van der Waals surface area contributed by atoms with Crippen molar-refractivity contribution in [3.8, 4) is 0 Å². The van der Waals surface area contributed by atoms with Crippen molar-refractivity contribution in [3.05, 3.63) is 119 Å². The molecule has 5 heteroatoms. The van der Waals surface area contributed by atoms with Gasteiger partial charge in [-0.05, 0) is 72.0 Å². The summed E-state index contributed by atoms with van der Waals surface area (Å²) in [7, 11) is 0. The fourth-order valence-corrected chi connectivity index (χ4v) is 5.59. The number of rotatable bonds is 8. The van der Waals surface area contributed by atoms with Gasteiger partial charge in [0.05, 0.1) is 5.69 Å². The second kappa shape index (κ2) is 12.0. The Hall–Kier alpha value is -3.31. The molecule has 1 atom stereocenters. The average Bonchev–Trinajstić information content (AvgIpc) is 2.93. The van der Waals surface area contributed by atoms with E-state index in [-0.39, 0.29) is 0 Å². The zero-order valence-corrected chi connectivity index (χ0v) is 22.7. The summed E-state index contributed by atoms with van der Waals surface area (Å²) in [6, 6.07) is 21.6. The molecule has 0 aromatic heterocycles. The van der Waals surface area contributed by atoms with Crippen molar-refractivity contribution >= 4 is 33.8 Å². The molecule has 38 heavy (non-hydrogen) atoms. The van der Waals surface area contributed by atoms with Crippen LogP contribution in [-0.2, 0) is 6.54 Å². The van der Waals surface area contributed by atoms with Crippen LogP contribution in [0.5, 0.6) is 0 Å². The summed E-state index contributed by atoms with van der Waals surface area (Å²) in [5.74, 6) is 0. The first kappa shape index (κ1) is 26.3. The van der Waals surface area contributed by atoms with Crippen LogP contribution in [0.2, 0.25) is 5.02 Å². The maximum absolute atomic E-state index is 11.1. The number of allylic oxidation sites excluding steroid dienone is 3. The lowest BCUT2D eigenvalue weighted by atomic mass is 9.98. The number of nitrogens with zero attached hydrogens (tertiary/aromatic N) is 2. The van der Waals surface area contributed by atoms with Crippen LogP contribution >= 0.6 is 11.6 Å². The van der Waals surface area contributed by atoms with Crippen molar-refractivity contribution in [2.75, 3.05) is 24.5 Å². The van der Waals surface area contributed by atoms with Gasteiger partial charge in [0.2, 0.25) is 0 Å². The molecule has 0 spiro atoms. The van der Waals surface area contributed by atoms with Crippen molar-refractivity contribution in [3.63, 3.8) is 0 Å². The van der Waals surface area contributed by atoms with E-state index in [0.717, 1.165) is 55.0 Å². The van der Waals surface area contributed by atoms with Gasteiger partial charge in [-0.1, -0.05) is 78.9 Å². The molecule has 1 saturated heterocycles. The summed E-state index contributed by atoms with van der Waals surface area (Å²) in [5.41, 5.74) is 5.45. The minimum Gasteiger partial charge on any atom is -0.382 e. The molecule has 1 unspecified atom stereocenters. The Morgan fingerprint density at radius 2 is 1.87 bits per heavy atom. The van der Waals surface area contributed by atoms with E-state index < -0.39 is 6.23 Å². The zero-order valence-electron chi connectivity index (χ0n) is 22.0. The number of nitrogens with one attached hydrogen (secondary N) is 1. The lowest BCUT2D eigenvalue weighted by Gasteiger charge is -2.38. The number of likely N-dealkylation sites (tertiary alicyclic amines) is 1. The van der Waals surface area contributed by atoms with Crippen LogP contribution < -0.4 is 10.2 Å². The maximum Gasteiger partial charge on any atom is 0.148 e. The van der Waals surface area contributed by atoms with Crippen molar-refractivity contribution in [2.45, 2.75) is 38.6 Å². The fourth-order valence-electron chi connectivity index (χ4n) is 5.43. The van der Waals surface area contributed by atoms with Gasteiger partial charge >= 0.3 is 0 Å². The number of piperidine rings is 1. The van der Waals surface area contributed by atoms with Gasteiger partial charge in [0.1, 0.15) is 6.23 Å². The average molecular weight is 526 g/mol. The van der Waals surface area contributed by atoms with Gasteiger partial charge in [-0.25, -0.2) is 0 Å².